The summed E-state index contributed by atoms with van der Waals surface area (Å²) < 4.78 is 4.84. The summed E-state index contributed by atoms with van der Waals surface area (Å²) in [5.74, 6) is -1.14. The Labute approximate surface area is 96.2 Å². The molecule has 0 bridgehead atoms. The zero-order chi connectivity index (χ0) is 12.6. The maximum Gasteiger partial charge on any atom is 0.407 e. The maximum atomic E-state index is 11.3. The molecule has 0 saturated heterocycles. The average Bonchev–Trinajstić information content (AvgIpc) is 2.25. The van der Waals surface area contributed by atoms with Crippen LogP contribution in [0.15, 0.2) is 0 Å². The first kappa shape index (κ1) is 14.7. The monoisotopic (exact) mass is 231 g/mol. The van der Waals surface area contributed by atoms with Crippen LogP contribution in [0.3, 0.4) is 0 Å². The largest absolute Gasteiger partial charge is 0.480 e. The molecule has 0 radical (unpaired) electrons. The van der Waals surface area contributed by atoms with Crippen LogP contribution in [0.25, 0.3) is 0 Å². The Kier molecular flexibility index (Phi) is 7.33. The lowest BCUT2D eigenvalue weighted by Crippen LogP contribution is -2.45. The summed E-state index contributed by atoms with van der Waals surface area (Å²) in [6.45, 7) is 5.98. The van der Waals surface area contributed by atoms with Crippen LogP contribution in [0, 0.1) is 5.92 Å². The van der Waals surface area contributed by atoms with Crippen LogP contribution in [0.2, 0.25) is 0 Å². The second-order valence-corrected chi connectivity index (χ2v) is 3.84. The van der Waals surface area contributed by atoms with Gasteiger partial charge >= 0.3 is 12.1 Å². The van der Waals surface area contributed by atoms with E-state index in [-0.39, 0.29) is 5.92 Å². The zero-order valence-corrected chi connectivity index (χ0v) is 10.2. The second kappa shape index (κ2) is 7.96. The van der Waals surface area contributed by atoms with E-state index in [1.165, 1.54) is 0 Å². The molecule has 0 aliphatic heterocycles. The Morgan fingerprint density at radius 1 is 1.38 bits per heavy atom. The van der Waals surface area contributed by atoms with Gasteiger partial charge in [-0.15, -0.1) is 0 Å². The van der Waals surface area contributed by atoms with Gasteiger partial charge < -0.3 is 15.2 Å². The zero-order valence-electron chi connectivity index (χ0n) is 10.2. The Bertz CT molecular complexity index is 230. The van der Waals surface area contributed by atoms with Crippen LogP contribution in [0.5, 0.6) is 0 Å². The van der Waals surface area contributed by atoms with Gasteiger partial charge in [-0.1, -0.05) is 33.6 Å². The third-order valence-corrected chi connectivity index (χ3v) is 2.48. The van der Waals surface area contributed by atoms with Crippen molar-refractivity contribution in [2.45, 2.75) is 46.1 Å². The van der Waals surface area contributed by atoms with Crippen LogP contribution in [0.1, 0.15) is 40.0 Å². The summed E-state index contributed by atoms with van der Waals surface area (Å²) >= 11 is 0. The molecule has 0 unspecified atom stereocenters. The molecule has 0 rings (SSSR count). The smallest absolute Gasteiger partial charge is 0.407 e. The summed E-state index contributed by atoms with van der Waals surface area (Å²) in [6, 6.07) is -0.876. The molecule has 5 heteroatoms. The summed E-state index contributed by atoms with van der Waals surface area (Å²) in [6.07, 6.45) is 1.75. The van der Waals surface area contributed by atoms with Gasteiger partial charge in [-0.3, -0.25) is 0 Å². The number of hydrogen-bond donors (Lipinski definition) is 2. The molecule has 2 atom stereocenters. The van der Waals surface area contributed by atoms with Crippen LogP contribution < -0.4 is 5.32 Å². The molecule has 94 valence electrons. The number of amides is 1. The SMILES string of the molecule is CCCCOC(=O)N[C@@H](C(=O)O)[C@@H](C)CC. The molecule has 5 nitrogen and oxygen atoms in total. The highest BCUT2D eigenvalue weighted by atomic mass is 16.5. The number of carbonyl (C=O) groups is 2. The van der Waals surface area contributed by atoms with Gasteiger partial charge in [0.05, 0.1) is 6.61 Å². The molecule has 16 heavy (non-hydrogen) atoms. The minimum Gasteiger partial charge on any atom is -0.480 e. The van der Waals surface area contributed by atoms with E-state index in [0.29, 0.717) is 13.0 Å². The first-order valence-electron chi connectivity index (χ1n) is 5.69. The van der Waals surface area contributed by atoms with Gasteiger partial charge in [0.25, 0.3) is 0 Å². The van der Waals surface area contributed by atoms with Crippen LogP contribution in [0.4, 0.5) is 4.79 Å². The summed E-state index contributed by atoms with van der Waals surface area (Å²) in [4.78, 5) is 22.2. The van der Waals surface area contributed by atoms with Crippen molar-refractivity contribution in [2.24, 2.45) is 5.92 Å². The van der Waals surface area contributed by atoms with Gasteiger partial charge in [0.1, 0.15) is 6.04 Å². The van der Waals surface area contributed by atoms with Gasteiger partial charge in [0, 0.05) is 0 Å². The van der Waals surface area contributed by atoms with Crippen LogP contribution >= 0.6 is 0 Å². The number of carboxylic acid groups (broad SMARTS) is 1. The minimum absolute atomic E-state index is 0.115. The highest BCUT2D eigenvalue weighted by Crippen LogP contribution is 2.08. The lowest BCUT2D eigenvalue weighted by Gasteiger charge is -2.19. The predicted octanol–water partition coefficient (Wildman–Crippen LogP) is 2.01. The van der Waals surface area contributed by atoms with Crippen molar-refractivity contribution in [2.75, 3.05) is 6.61 Å². The van der Waals surface area contributed by atoms with Gasteiger partial charge in [-0.2, -0.15) is 0 Å². The topological polar surface area (TPSA) is 75.6 Å². The fourth-order valence-electron chi connectivity index (χ4n) is 1.16. The van der Waals surface area contributed by atoms with Gasteiger partial charge in [-0.25, -0.2) is 9.59 Å². The summed E-state index contributed by atoms with van der Waals surface area (Å²) in [5, 5.41) is 11.3. The number of hydrogen-bond acceptors (Lipinski definition) is 3. The van der Waals surface area contributed by atoms with Gasteiger partial charge in [0.15, 0.2) is 0 Å². The number of alkyl carbamates (subject to hydrolysis) is 1. The van der Waals surface area contributed by atoms with Crippen molar-refractivity contribution in [1.29, 1.82) is 0 Å². The van der Waals surface area contributed by atoms with Crippen molar-refractivity contribution >= 4 is 12.1 Å². The standard InChI is InChI=1S/C11H21NO4/c1-4-6-7-16-11(15)12-9(10(13)14)8(3)5-2/h8-9H,4-7H2,1-3H3,(H,12,15)(H,13,14)/t8-,9+/m0/s1. The van der Waals surface area contributed by atoms with E-state index in [9.17, 15) is 9.59 Å². The van der Waals surface area contributed by atoms with E-state index in [4.69, 9.17) is 9.84 Å². The van der Waals surface area contributed by atoms with Crippen LogP contribution in [-0.2, 0) is 9.53 Å². The fourth-order valence-corrected chi connectivity index (χ4v) is 1.16. The first-order valence-corrected chi connectivity index (χ1v) is 5.69. The van der Waals surface area contributed by atoms with Gasteiger partial charge in [-0.05, 0) is 12.3 Å². The third-order valence-electron chi connectivity index (χ3n) is 2.48. The van der Waals surface area contributed by atoms with Crippen molar-refractivity contribution in [3.05, 3.63) is 0 Å². The summed E-state index contributed by atoms with van der Waals surface area (Å²) in [7, 11) is 0. The molecule has 0 aromatic carbocycles. The molecular weight excluding hydrogens is 210 g/mol. The molecule has 0 aromatic rings. The Morgan fingerprint density at radius 3 is 2.44 bits per heavy atom. The quantitative estimate of drug-likeness (QED) is 0.657. The number of aliphatic carboxylic acids is 1. The first-order chi connectivity index (χ1) is 7.52. The lowest BCUT2D eigenvalue weighted by molar-refractivity contribution is -0.140. The number of unbranched alkanes of at least 4 members (excludes halogenated alkanes) is 1. The van der Waals surface area contributed by atoms with E-state index in [1.54, 1.807) is 6.92 Å². The van der Waals surface area contributed by atoms with E-state index >= 15 is 0 Å². The highest BCUT2D eigenvalue weighted by molar-refractivity contribution is 5.80. The molecule has 2 N–H and O–H groups in total. The number of rotatable bonds is 7. The van der Waals surface area contributed by atoms with Crippen molar-refractivity contribution in [3.8, 4) is 0 Å². The molecule has 0 spiro atoms. The summed E-state index contributed by atoms with van der Waals surface area (Å²) in [5.41, 5.74) is 0. The van der Waals surface area contributed by atoms with Crippen molar-refractivity contribution in [3.63, 3.8) is 0 Å². The average molecular weight is 231 g/mol. The Hall–Kier alpha value is -1.26. The fraction of sp³-hybridized carbons (Fsp3) is 0.818. The van der Waals surface area contributed by atoms with E-state index in [1.807, 2.05) is 13.8 Å². The van der Waals surface area contributed by atoms with E-state index < -0.39 is 18.1 Å². The molecule has 0 aliphatic rings. The second-order valence-electron chi connectivity index (χ2n) is 3.84. The molecular formula is C11H21NO4. The van der Waals surface area contributed by atoms with Crippen molar-refractivity contribution in [1.82, 2.24) is 5.32 Å². The van der Waals surface area contributed by atoms with Crippen molar-refractivity contribution < 1.29 is 19.4 Å². The molecule has 0 aliphatic carbocycles. The molecule has 0 saturated carbocycles. The number of carbonyl (C=O) groups excluding carboxylic acids is 1. The number of nitrogens with one attached hydrogen (secondary N) is 1. The number of carboxylic acids is 1. The predicted molar refractivity (Wildman–Crippen MR) is 60.3 cm³/mol. The maximum absolute atomic E-state index is 11.3. The van der Waals surface area contributed by atoms with Gasteiger partial charge in [0.2, 0.25) is 0 Å². The van der Waals surface area contributed by atoms with E-state index in [0.717, 1.165) is 12.8 Å². The number of ether oxygens (including phenoxy) is 1. The lowest BCUT2D eigenvalue weighted by atomic mass is 10.00. The molecule has 1 amide bonds. The molecule has 0 fully saturated rings. The molecule has 0 heterocycles. The Balaban J connectivity index is 4.09. The highest BCUT2D eigenvalue weighted by Gasteiger charge is 2.25. The normalized spacial score (nSPS) is 13.9. The Morgan fingerprint density at radius 2 is 2.00 bits per heavy atom. The minimum atomic E-state index is -1.03. The molecule has 0 aromatic heterocycles. The third kappa shape index (κ3) is 5.58. The van der Waals surface area contributed by atoms with Crippen LogP contribution in [-0.4, -0.2) is 29.8 Å². The van der Waals surface area contributed by atoms with E-state index in [2.05, 4.69) is 5.32 Å².